The van der Waals surface area contributed by atoms with Crippen LogP contribution in [0.25, 0.3) is 0 Å². The Morgan fingerprint density at radius 3 is 2.07 bits per heavy atom. The van der Waals surface area contributed by atoms with Crippen LogP contribution in [0.5, 0.6) is 17.2 Å². The Morgan fingerprint density at radius 2 is 1.53 bits per heavy atom. The Hall–Kier alpha value is -3.26. The van der Waals surface area contributed by atoms with E-state index < -0.39 is 0 Å². The average Bonchev–Trinajstić information content (AvgIpc) is 2.81. The second kappa shape index (κ2) is 9.98. The second-order valence-corrected chi connectivity index (χ2v) is 6.70. The highest BCUT2D eigenvalue weighted by molar-refractivity contribution is 5.96. The lowest BCUT2D eigenvalue weighted by molar-refractivity contribution is 0.0303. The molecule has 0 bridgehead atoms. The zero-order valence-electron chi connectivity index (χ0n) is 17.4. The van der Waals surface area contributed by atoms with E-state index in [-0.39, 0.29) is 11.8 Å². The molecule has 2 aromatic carbocycles. The van der Waals surface area contributed by atoms with Crippen LogP contribution in [-0.2, 0) is 11.3 Å². The van der Waals surface area contributed by atoms with E-state index in [2.05, 4.69) is 5.32 Å². The van der Waals surface area contributed by atoms with E-state index in [4.69, 9.17) is 18.9 Å². The number of benzene rings is 2. The first kappa shape index (κ1) is 21.4. The Bertz CT molecular complexity index is 866. The third-order valence-electron chi connectivity index (χ3n) is 4.88. The molecule has 0 aromatic heterocycles. The van der Waals surface area contributed by atoms with Gasteiger partial charge in [0.05, 0.1) is 34.5 Å². The van der Waals surface area contributed by atoms with Gasteiger partial charge in [-0.2, -0.15) is 0 Å². The van der Waals surface area contributed by atoms with Crippen molar-refractivity contribution in [1.82, 2.24) is 10.2 Å². The number of hydrogen-bond donors (Lipinski definition) is 1. The van der Waals surface area contributed by atoms with Gasteiger partial charge in [0.15, 0.2) is 11.5 Å². The summed E-state index contributed by atoms with van der Waals surface area (Å²) in [5.41, 5.74) is 1.90. The lowest BCUT2D eigenvalue weighted by atomic mass is 10.1. The number of carbonyl (C=O) groups excluding carboxylic acids is 2. The van der Waals surface area contributed by atoms with Gasteiger partial charge in [-0.1, -0.05) is 12.1 Å². The number of ether oxygens (including phenoxy) is 4. The van der Waals surface area contributed by atoms with Crippen molar-refractivity contribution < 1.29 is 28.5 Å². The van der Waals surface area contributed by atoms with E-state index in [9.17, 15) is 9.59 Å². The van der Waals surface area contributed by atoms with Gasteiger partial charge in [0.25, 0.3) is 11.8 Å². The number of carbonyl (C=O) groups is 2. The number of amides is 2. The Labute approximate surface area is 175 Å². The summed E-state index contributed by atoms with van der Waals surface area (Å²) in [5.74, 6) is 0.965. The maximum absolute atomic E-state index is 12.6. The van der Waals surface area contributed by atoms with E-state index in [1.807, 2.05) is 12.1 Å². The second-order valence-electron chi connectivity index (χ2n) is 6.70. The van der Waals surface area contributed by atoms with E-state index in [0.29, 0.717) is 61.2 Å². The first-order valence-corrected chi connectivity index (χ1v) is 9.61. The largest absolute Gasteiger partial charge is 0.493 e. The molecule has 1 saturated heterocycles. The van der Waals surface area contributed by atoms with Gasteiger partial charge < -0.3 is 29.2 Å². The summed E-state index contributed by atoms with van der Waals surface area (Å²) in [6.07, 6.45) is 0. The van der Waals surface area contributed by atoms with Crippen LogP contribution in [0.4, 0.5) is 0 Å². The van der Waals surface area contributed by atoms with Crippen molar-refractivity contribution in [2.75, 3.05) is 47.6 Å². The molecule has 0 spiro atoms. The predicted molar refractivity (Wildman–Crippen MR) is 110 cm³/mol. The van der Waals surface area contributed by atoms with Crippen molar-refractivity contribution in [1.29, 1.82) is 0 Å². The standard InChI is InChI=1S/C22H26N2O6/c1-27-18-12-17(13-19(28-2)20(18)29-3)21(25)23-14-15-4-6-16(7-5-15)22(26)24-8-10-30-11-9-24/h4-7,12-13H,8-11,14H2,1-3H3,(H,23,25). The number of hydrogen-bond acceptors (Lipinski definition) is 6. The average molecular weight is 414 g/mol. The van der Waals surface area contributed by atoms with Gasteiger partial charge in [0.2, 0.25) is 5.75 Å². The summed E-state index contributed by atoms with van der Waals surface area (Å²) in [6, 6.07) is 10.4. The number of methoxy groups -OCH3 is 3. The molecule has 3 rings (SSSR count). The van der Waals surface area contributed by atoms with Gasteiger partial charge in [-0.05, 0) is 29.8 Å². The van der Waals surface area contributed by atoms with Crippen LogP contribution in [0.1, 0.15) is 26.3 Å². The van der Waals surface area contributed by atoms with E-state index >= 15 is 0 Å². The normalized spacial score (nSPS) is 13.5. The molecular weight excluding hydrogens is 388 g/mol. The number of rotatable bonds is 7. The third-order valence-corrected chi connectivity index (χ3v) is 4.88. The Kier molecular flexibility index (Phi) is 7.13. The van der Waals surface area contributed by atoms with Crippen LogP contribution in [0, 0.1) is 0 Å². The van der Waals surface area contributed by atoms with Crippen molar-refractivity contribution in [2.45, 2.75) is 6.54 Å². The molecule has 1 heterocycles. The highest BCUT2D eigenvalue weighted by Gasteiger charge is 2.19. The molecule has 0 radical (unpaired) electrons. The van der Waals surface area contributed by atoms with Crippen molar-refractivity contribution >= 4 is 11.8 Å². The molecule has 1 aliphatic heterocycles. The number of nitrogens with zero attached hydrogens (tertiary/aromatic N) is 1. The SMILES string of the molecule is COc1cc(C(=O)NCc2ccc(C(=O)N3CCOCC3)cc2)cc(OC)c1OC. The monoisotopic (exact) mass is 414 g/mol. The maximum Gasteiger partial charge on any atom is 0.254 e. The Morgan fingerprint density at radius 1 is 0.933 bits per heavy atom. The summed E-state index contributed by atoms with van der Waals surface area (Å²) in [4.78, 5) is 26.9. The minimum absolute atomic E-state index is 0.00805. The zero-order valence-corrected chi connectivity index (χ0v) is 17.4. The highest BCUT2D eigenvalue weighted by atomic mass is 16.5. The van der Waals surface area contributed by atoms with Crippen molar-refractivity contribution in [3.05, 3.63) is 53.1 Å². The molecule has 8 heteroatoms. The topological polar surface area (TPSA) is 86.3 Å². The molecule has 0 unspecified atom stereocenters. The van der Waals surface area contributed by atoms with Crippen LogP contribution in [-0.4, -0.2) is 64.3 Å². The van der Waals surface area contributed by atoms with Gasteiger partial charge in [0, 0.05) is 30.8 Å². The number of morpholine rings is 1. The van der Waals surface area contributed by atoms with Crippen LogP contribution >= 0.6 is 0 Å². The lowest BCUT2D eigenvalue weighted by Crippen LogP contribution is -2.40. The fourth-order valence-corrected chi connectivity index (χ4v) is 3.21. The first-order chi connectivity index (χ1) is 14.6. The van der Waals surface area contributed by atoms with Crippen LogP contribution < -0.4 is 19.5 Å². The molecule has 1 aliphatic rings. The molecule has 0 saturated carbocycles. The third kappa shape index (κ3) is 4.83. The zero-order chi connectivity index (χ0) is 21.5. The van der Waals surface area contributed by atoms with Crippen molar-refractivity contribution in [3.63, 3.8) is 0 Å². The molecule has 8 nitrogen and oxygen atoms in total. The molecule has 160 valence electrons. The van der Waals surface area contributed by atoms with Crippen LogP contribution in [0.15, 0.2) is 36.4 Å². The van der Waals surface area contributed by atoms with Gasteiger partial charge in [-0.25, -0.2) is 0 Å². The molecule has 2 amide bonds. The fraction of sp³-hybridized carbons (Fsp3) is 0.364. The fourth-order valence-electron chi connectivity index (χ4n) is 3.21. The lowest BCUT2D eigenvalue weighted by Gasteiger charge is -2.26. The summed E-state index contributed by atoms with van der Waals surface area (Å²) in [5, 5.41) is 2.86. The van der Waals surface area contributed by atoms with Gasteiger partial charge in [-0.15, -0.1) is 0 Å². The van der Waals surface area contributed by atoms with E-state index in [1.165, 1.54) is 21.3 Å². The smallest absolute Gasteiger partial charge is 0.254 e. The summed E-state index contributed by atoms with van der Waals surface area (Å²) >= 11 is 0. The first-order valence-electron chi connectivity index (χ1n) is 9.61. The summed E-state index contributed by atoms with van der Waals surface area (Å²) in [6.45, 7) is 2.66. The molecule has 0 atom stereocenters. The quantitative estimate of drug-likeness (QED) is 0.747. The number of nitrogens with one attached hydrogen (secondary N) is 1. The summed E-state index contributed by atoms with van der Waals surface area (Å²) in [7, 11) is 4.51. The molecule has 1 N–H and O–H groups in total. The van der Waals surface area contributed by atoms with Crippen LogP contribution in [0.2, 0.25) is 0 Å². The van der Waals surface area contributed by atoms with Gasteiger partial charge >= 0.3 is 0 Å². The molecular formula is C22H26N2O6. The molecule has 2 aromatic rings. The molecule has 1 fully saturated rings. The van der Waals surface area contributed by atoms with Crippen LogP contribution in [0.3, 0.4) is 0 Å². The van der Waals surface area contributed by atoms with Gasteiger partial charge in [0.1, 0.15) is 0 Å². The Balaban J connectivity index is 1.64. The van der Waals surface area contributed by atoms with Crippen molar-refractivity contribution in [2.24, 2.45) is 0 Å². The minimum atomic E-state index is -0.275. The van der Waals surface area contributed by atoms with E-state index in [0.717, 1.165) is 5.56 Å². The predicted octanol–water partition coefficient (Wildman–Crippen LogP) is 2.11. The molecule has 30 heavy (non-hydrogen) atoms. The summed E-state index contributed by atoms with van der Waals surface area (Å²) < 4.78 is 21.1. The maximum atomic E-state index is 12.6. The molecule has 0 aliphatic carbocycles. The van der Waals surface area contributed by atoms with Crippen molar-refractivity contribution in [3.8, 4) is 17.2 Å². The minimum Gasteiger partial charge on any atom is -0.493 e. The highest BCUT2D eigenvalue weighted by Crippen LogP contribution is 2.38. The van der Waals surface area contributed by atoms with E-state index in [1.54, 1.807) is 29.2 Å². The van der Waals surface area contributed by atoms with Gasteiger partial charge in [-0.3, -0.25) is 9.59 Å².